The van der Waals surface area contributed by atoms with Gasteiger partial charge in [-0.25, -0.2) is 4.79 Å². The van der Waals surface area contributed by atoms with Gasteiger partial charge in [-0.15, -0.1) is 0 Å². The molecule has 0 spiro atoms. The minimum Gasteiger partial charge on any atom is -0.462 e. The quantitative estimate of drug-likeness (QED) is 0.883. The summed E-state index contributed by atoms with van der Waals surface area (Å²) in [5.41, 5.74) is 10.5. The van der Waals surface area contributed by atoms with Crippen LogP contribution in [0.15, 0.2) is 35.0 Å². The van der Waals surface area contributed by atoms with E-state index in [-0.39, 0.29) is 17.9 Å². The molecule has 3 nitrogen and oxygen atoms in total. The highest BCUT2D eigenvalue weighted by Gasteiger charge is 2.34. The van der Waals surface area contributed by atoms with Crippen molar-refractivity contribution >= 4 is 17.3 Å². The first-order valence-electron chi connectivity index (χ1n) is 6.79. The van der Waals surface area contributed by atoms with E-state index in [4.69, 9.17) is 10.5 Å². The van der Waals surface area contributed by atoms with Crippen molar-refractivity contribution in [1.29, 1.82) is 0 Å². The highest BCUT2D eigenvalue weighted by atomic mass is 32.1. The number of carbonyl (C=O) groups is 1. The average molecular weight is 287 g/mol. The predicted octanol–water partition coefficient (Wildman–Crippen LogP) is 2.94. The van der Waals surface area contributed by atoms with Gasteiger partial charge in [0, 0.05) is 17.3 Å². The summed E-state index contributed by atoms with van der Waals surface area (Å²) in [6.07, 6.45) is 0.860. The van der Waals surface area contributed by atoms with Gasteiger partial charge in [0.1, 0.15) is 0 Å². The predicted molar refractivity (Wildman–Crippen MR) is 80.2 cm³/mol. The molecule has 0 aliphatic heterocycles. The Labute approximate surface area is 122 Å². The van der Waals surface area contributed by atoms with E-state index in [0.717, 1.165) is 12.0 Å². The molecule has 1 aromatic heterocycles. The lowest BCUT2D eigenvalue weighted by atomic mass is 9.90. The second-order valence-corrected chi connectivity index (χ2v) is 5.75. The van der Waals surface area contributed by atoms with Gasteiger partial charge in [0.25, 0.3) is 0 Å². The van der Waals surface area contributed by atoms with Gasteiger partial charge < -0.3 is 10.5 Å². The molecule has 1 aliphatic carbocycles. The Morgan fingerprint density at radius 2 is 2.15 bits per heavy atom. The fourth-order valence-corrected chi connectivity index (χ4v) is 3.80. The van der Waals surface area contributed by atoms with Crippen molar-refractivity contribution < 1.29 is 9.53 Å². The first-order chi connectivity index (χ1) is 9.72. The maximum Gasteiger partial charge on any atom is 0.339 e. The van der Waals surface area contributed by atoms with Crippen molar-refractivity contribution in [3.05, 3.63) is 57.3 Å². The molecule has 2 unspecified atom stereocenters. The van der Waals surface area contributed by atoms with Crippen LogP contribution >= 0.6 is 11.3 Å². The smallest absolute Gasteiger partial charge is 0.339 e. The Kier molecular flexibility index (Phi) is 3.59. The van der Waals surface area contributed by atoms with Crippen LogP contribution in [0.1, 0.15) is 39.9 Å². The molecule has 1 aromatic carbocycles. The molecule has 0 amide bonds. The summed E-state index contributed by atoms with van der Waals surface area (Å²) < 4.78 is 5.14. The van der Waals surface area contributed by atoms with Crippen LogP contribution in [0.3, 0.4) is 0 Å². The van der Waals surface area contributed by atoms with Crippen LogP contribution in [0.5, 0.6) is 0 Å². The molecule has 0 bridgehead atoms. The van der Waals surface area contributed by atoms with Crippen LogP contribution in [-0.2, 0) is 11.2 Å². The molecule has 1 aliphatic rings. The fourth-order valence-electron chi connectivity index (χ4n) is 2.95. The molecule has 0 fully saturated rings. The Morgan fingerprint density at radius 3 is 2.95 bits per heavy atom. The van der Waals surface area contributed by atoms with Crippen LogP contribution in [0.25, 0.3) is 0 Å². The van der Waals surface area contributed by atoms with Crippen molar-refractivity contribution in [3.8, 4) is 0 Å². The number of carbonyl (C=O) groups excluding carboxylic acids is 1. The van der Waals surface area contributed by atoms with Gasteiger partial charge in [0.2, 0.25) is 0 Å². The lowest BCUT2D eigenvalue weighted by molar-refractivity contribution is 0.0525. The van der Waals surface area contributed by atoms with Crippen LogP contribution < -0.4 is 5.73 Å². The van der Waals surface area contributed by atoms with Gasteiger partial charge >= 0.3 is 5.97 Å². The summed E-state index contributed by atoms with van der Waals surface area (Å²) in [4.78, 5) is 12.0. The Bertz CT molecular complexity index is 635. The largest absolute Gasteiger partial charge is 0.462 e. The van der Waals surface area contributed by atoms with E-state index in [2.05, 4.69) is 12.1 Å². The SMILES string of the molecule is CCOC(=O)c1cscc1C1c2ccccc2CC1N. The fraction of sp³-hybridized carbons (Fsp3) is 0.312. The maximum absolute atomic E-state index is 12.0. The van der Waals surface area contributed by atoms with E-state index >= 15 is 0 Å². The highest BCUT2D eigenvalue weighted by Crippen LogP contribution is 2.40. The number of benzene rings is 1. The Balaban J connectivity index is 2.02. The number of hydrogen-bond acceptors (Lipinski definition) is 4. The zero-order valence-corrected chi connectivity index (χ0v) is 12.2. The van der Waals surface area contributed by atoms with E-state index in [9.17, 15) is 4.79 Å². The molecule has 2 aromatic rings. The molecular weight excluding hydrogens is 270 g/mol. The number of esters is 1. The monoisotopic (exact) mass is 287 g/mol. The third-order valence-electron chi connectivity index (χ3n) is 3.80. The molecule has 0 saturated heterocycles. The van der Waals surface area contributed by atoms with Crippen molar-refractivity contribution in [1.82, 2.24) is 0 Å². The summed E-state index contributed by atoms with van der Waals surface area (Å²) in [5, 5.41) is 3.89. The lowest BCUT2D eigenvalue weighted by Crippen LogP contribution is -2.26. The number of rotatable bonds is 3. The Morgan fingerprint density at radius 1 is 1.35 bits per heavy atom. The van der Waals surface area contributed by atoms with Gasteiger partial charge in [-0.05, 0) is 35.4 Å². The first kappa shape index (κ1) is 13.3. The molecule has 104 valence electrons. The standard InChI is InChI=1S/C16H17NO2S/c1-2-19-16(18)13-9-20-8-12(13)15-11-6-4-3-5-10(11)7-14(15)17/h3-6,8-9,14-15H,2,7,17H2,1H3. The molecule has 2 atom stereocenters. The number of nitrogens with two attached hydrogens (primary N) is 1. The second-order valence-electron chi connectivity index (χ2n) is 5.01. The second kappa shape index (κ2) is 5.38. The van der Waals surface area contributed by atoms with Crippen LogP contribution in [0, 0.1) is 0 Å². The van der Waals surface area contributed by atoms with Crippen molar-refractivity contribution in [2.24, 2.45) is 5.73 Å². The maximum atomic E-state index is 12.0. The number of hydrogen-bond donors (Lipinski definition) is 1. The van der Waals surface area contributed by atoms with E-state index < -0.39 is 0 Å². The first-order valence-corrected chi connectivity index (χ1v) is 7.73. The van der Waals surface area contributed by atoms with E-state index in [0.29, 0.717) is 12.2 Å². The summed E-state index contributed by atoms with van der Waals surface area (Å²) in [5.74, 6) is -0.155. The van der Waals surface area contributed by atoms with Gasteiger partial charge in [0.15, 0.2) is 0 Å². The molecule has 4 heteroatoms. The van der Waals surface area contributed by atoms with Gasteiger partial charge in [-0.1, -0.05) is 24.3 Å². The minimum absolute atomic E-state index is 0.0233. The van der Waals surface area contributed by atoms with Gasteiger partial charge in [-0.2, -0.15) is 11.3 Å². The Hall–Kier alpha value is -1.65. The molecule has 2 N–H and O–H groups in total. The number of ether oxygens (including phenoxy) is 1. The van der Waals surface area contributed by atoms with E-state index in [1.54, 1.807) is 0 Å². The van der Waals surface area contributed by atoms with Gasteiger partial charge in [0.05, 0.1) is 12.2 Å². The third-order valence-corrected chi connectivity index (χ3v) is 4.56. The van der Waals surface area contributed by atoms with Crippen molar-refractivity contribution in [2.45, 2.75) is 25.3 Å². The number of thiophene rings is 1. The van der Waals surface area contributed by atoms with Crippen molar-refractivity contribution in [2.75, 3.05) is 6.61 Å². The third kappa shape index (κ3) is 2.15. The topological polar surface area (TPSA) is 52.3 Å². The highest BCUT2D eigenvalue weighted by molar-refractivity contribution is 7.08. The minimum atomic E-state index is -0.250. The molecule has 20 heavy (non-hydrogen) atoms. The zero-order chi connectivity index (χ0) is 14.1. The molecule has 3 rings (SSSR count). The molecule has 1 heterocycles. The molecular formula is C16H17NO2S. The molecule has 0 saturated carbocycles. The summed E-state index contributed by atoms with van der Waals surface area (Å²) in [6.45, 7) is 2.21. The summed E-state index contributed by atoms with van der Waals surface area (Å²) >= 11 is 1.53. The van der Waals surface area contributed by atoms with Crippen LogP contribution in [0.2, 0.25) is 0 Å². The van der Waals surface area contributed by atoms with E-state index in [1.165, 1.54) is 22.5 Å². The van der Waals surface area contributed by atoms with E-state index in [1.807, 2.05) is 29.8 Å². The normalized spacial score (nSPS) is 20.7. The zero-order valence-electron chi connectivity index (χ0n) is 11.3. The van der Waals surface area contributed by atoms with Crippen molar-refractivity contribution in [3.63, 3.8) is 0 Å². The van der Waals surface area contributed by atoms with Crippen LogP contribution in [0.4, 0.5) is 0 Å². The lowest BCUT2D eigenvalue weighted by Gasteiger charge is -2.17. The summed E-state index contributed by atoms with van der Waals surface area (Å²) in [6, 6.07) is 8.31. The van der Waals surface area contributed by atoms with Gasteiger partial charge in [-0.3, -0.25) is 0 Å². The number of fused-ring (bicyclic) bond motifs is 1. The summed E-state index contributed by atoms with van der Waals surface area (Å²) in [7, 11) is 0. The van der Waals surface area contributed by atoms with Crippen LogP contribution in [-0.4, -0.2) is 18.6 Å². The average Bonchev–Trinajstić information content (AvgIpc) is 3.01. The molecule has 0 radical (unpaired) electrons.